The van der Waals surface area contributed by atoms with Gasteiger partial charge in [-0.25, -0.2) is 4.98 Å². The summed E-state index contributed by atoms with van der Waals surface area (Å²) in [6.07, 6.45) is 0. The molecular formula is C25H23N3O2. The third-order valence-corrected chi connectivity index (χ3v) is 5.27. The highest BCUT2D eigenvalue weighted by molar-refractivity contribution is 5.94. The van der Waals surface area contributed by atoms with Crippen molar-refractivity contribution in [3.05, 3.63) is 106 Å². The van der Waals surface area contributed by atoms with Gasteiger partial charge in [-0.3, -0.25) is 14.2 Å². The van der Waals surface area contributed by atoms with Crippen LogP contribution in [0.5, 0.6) is 0 Å². The average Bonchev–Trinajstić information content (AvgIpc) is 2.78. The van der Waals surface area contributed by atoms with E-state index in [1.807, 2.05) is 36.4 Å². The van der Waals surface area contributed by atoms with Crippen molar-refractivity contribution < 1.29 is 4.79 Å². The van der Waals surface area contributed by atoms with Gasteiger partial charge in [0.1, 0.15) is 5.82 Å². The molecule has 0 fully saturated rings. The summed E-state index contributed by atoms with van der Waals surface area (Å²) in [4.78, 5) is 30.0. The van der Waals surface area contributed by atoms with E-state index >= 15 is 0 Å². The SMILES string of the molecule is Cc1nc2ccccc2c(=O)n1-c1ccc(C(=O)NC[C@H](C)c2ccccc2)cc1. The van der Waals surface area contributed by atoms with Crippen molar-refractivity contribution >= 4 is 16.8 Å². The molecule has 4 aromatic rings. The van der Waals surface area contributed by atoms with Crippen molar-refractivity contribution in [3.63, 3.8) is 0 Å². The van der Waals surface area contributed by atoms with Crippen LogP contribution in [0.3, 0.4) is 0 Å². The molecule has 0 unspecified atom stereocenters. The molecule has 0 saturated carbocycles. The summed E-state index contributed by atoms with van der Waals surface area (Å²) in [5.41, 5.74) is 2.99. The molecule has 0 bridgehead atoms. The molecule has 1 amide bonds. The third-order valence-electron chi connectivity index (χ3n) is 5.27. The summed E-state index contributed by atoms with van der Waals surface area (Å²) >= 11 is 0. The predicted octanol–water partition coefficient (Wildman–Crippen LogP) is 4.23. The van der Waals surface area contributed by atoms with Crippen molar-refractivity contribution in [1.82, 2.24) is 14.9 Å². The molecule has 0 spiro atoms. The summed E-state index contributed by atoms with van der Waals surface area (Å²) in [6, 6.07) is 24.4. The van der Waals surface area contributed by atoms with Gasteiger partial charge in [0, 0.05) is 12.1 Å². The third kappa shape index (κ3) is 3.87. The molecule has 0 aliphatic rings. The number of benzene rings is 3. The highest BCUT2D eigenvalue weighted by Gasteiger charge is 2.12. The molecule has 0 aliphatic heterocycles. The van der Waals surface area contributed by atoms with Crippen molar-refractivity contribution in [2.45, 2.75) is 19.8 Å². The fourth-order valence-corrected chi connectivity index (χ4v) is 3.56. The van der Waals surface area contributed by atoms with Crippen molar-refractivity contribution in [3.8, 4) is 5.69 Å². The Bertz CT molecular complexity index is 1250. The number of carbonyl (C=O) groups excluding carboxylic acids is 1. The second-order valence-corrected chi connectivity index (χ2v) is 7.39. The number of nitrogens with one attached hydrogen (secondary N) is 1. The van der Waals surface area contributed by atoms with Gasteiger partial charge in [0.15, 0.2) is 0 Å². The van der Waals surface area contributed by atoms with Crippen LogP contribution in [-0.4, -0.2) is 22.0 Å². The van der Waals surface area contributed by atoms with Gasteiger partial charge in [-0.2, -0.15) is 0 Å². The van der Waals surface area contributed by atoms with E-state index in [2.05, 4.69) is 29.4 Å². The van der Waals surface area contributed by atoms with Crippen LogP contribution in [0.1, 0.15) is 34.6 Å². The Kier molecular flexibility index (Phi) is 5.44. The standard InChI is InChI=1S/C25H23N3O2/c1-17(19-8-4-3-5-9-19)16-26-24(29)20-12-14-21(15-13-20)28-18(2)27-23-11-7-6-10-22(23)25(28)30/h3-15,17H,16H2,1-2H3,(H,26,29)/t17-/m0/s1. The number of carbonyl (C=O) groups is 1. The first-order chi connectivity index (χ1) is 14.5. The van der Waals surface area contributed by atoms with Crippen LogP contribution in [0, 0.1) is 6.92 Å². The molecule has 30 heavy (non-hydrogen) atoms. The van der Waals surface area contributed by atoms with Crippen LogP contribution in [0.2, 0.25) is 0 Å². The first-order valence-corrected chi connectivity index (χ1v) is 9.96. The fourth-order valence-electron chi connectivity index (χ4n) is 3.56. The highest BCUT2D eigenvalue weighted by atomic mass is 16.1. The zero-order valence-electron chi connectivity index (χ0n) is 17.0. The normalized spacial score (nSPS) is 11.9. The molecule has 1 atom stereocenters. The van der Waals surface area contributed by atoms with Crippen LogP contribution >= 0.6 is 0 Å². The molecule has 0 saturated heterocycles. The van der Waals surface area contributed by atoms with Gasteiger partial charge >= 0.3 is 0 Å². The average molecular weight is 397 g/mol. The number of aromatic nitrogens is 2. The second kappa shape index (κ2) is 8.33. The van der Waals surface area contributed by atoms with E-state index in [1.54, 1.807) is 41.8 Å². The lowest BCUT2D eigenvalue weighted by Gasteiger charge is -2.14. The van der Waals surface area contributed by atoms with Gasteiger partial charge in [0.05, 0.1) is 16.6 Å². The van der Waals surface area contributed by atoms with Gasteiger partial charge in [-0.1, -0.05) is 49.4 Å². The van der Waals surface area contributed by atoms with Gasteiger partial charge in [0.25, 0.3) is 11.5 Å². The smallest absolute Gasteiger partial charge is 0.265 e. The number of hydrogen-bond acceptors (Lipinski definition) is 3. The Labute approximate surface area is 175 Å². The first-order valence-electron chi connectivity index (χ1n) is 9.96. The molecule has 5 heteroatoms. The molecule has 5 nitrogen and oxygen atoms in total. The van der Waals surface area contributed by atoms with E-state index < -0.39 is 0 Å². The van der Waals surface area contributed by atoms with Crippen molar-refractivity contribution in [2.24, 2.45) is 0 Å². The fraction of sp³-hybridized carbons (Fsp3) is 0.160. The molecule has 1 aromatic heterocycles. The lowest BCUT2D eigenvalue weighted by Crippen LogP contribution is -2.27. The highest BCUT2D eigenvalue weighted by Crippen LogP contribution is 2.15. The molecule has 0 aliphatic carbocycles. The molecular weight excluding hydrogens is 374 g/mol. The van der Waals surface area contributed by atoms with Crippen LogP contribution in [0.15, 0.2) is 83.7 Å². The second-order valence-electron chi connectivity index (χ2n) is 7.39. The van der Waals surface area contributed by atoms with Gasteiger partial charge < -0.3 is 5.32 Å². The molecule has 1 heterocycles. The van der Waals surface area contributed by atoms with Crippen molar-refractivity contribution in [2.75, 3.05) is 6.54 Å². The predicted molar refractivity (Wildman–Crippen MR) is 119 cm³/mol. The minimum Gasteiger partial charge on any atom is -0.351 e. The molecule has 4 rings (SSSR count). The molecule has 0 radical (unpaired) electrons. The van der Waals surface area contributed by atoms with E-state index in [-0.39, 0.29) is 17.4 Å². The number of amides is 1. The summed E-state index contributed by atoms with van der Waals surface area (Å²) < 4.78 is 1.57. The Morgan fingerprint density at radius 3 is 2.37 bits per heavy atom. The lowest BCUT2D eigenvalue weighted by atomic mass is 10.0. The summed E-state index contributed by atoms with van der Waals surface area (Å²) in [5, 5.41) is 3.55. The van der Waals surface area contributed by atoms with Crippen LogP contribution < -0.4 is 10.9 Å². The van der Waals surface area contributed by atoms with E-state index in [0.29, 0.717) is 34.5 Å². The Morgan fingerprint density at radius 2 is 1.63 bits per heavy atom. The number of nitrogens with zero attached hydrogens (tertiary/aromatic N) is 2. The maximum atomic E-state index is 12.9. The van der Waals surface area contributed by atoms with Crippen LogP contribution in [0.25, 0.3) is 16.6 Å². The molecule has 150 valence electrons. The van der Waals surface area contributed by atoms with Gasteiger partial charge in [-0.05, 0) is 54.8 Å². The van der Waals surface area contributed by atoms with Crippen LogP contribution in [-0.2, 0) is 0 Å². The molecule has 3 aromatic carbocycles. The Hall–Kier alpha value is -3.73. The topological polar surface area (TPSA) is 64.0 Å². The summed E-state index contributed by atoms with van der Waals surface area (Å²) in [7, 11) is 0. The maximum Gasteiger partial charge on any atom is 0.265 e. The summed E-state index contributed by atoms with van der Waals surface area (Å²) in [5.74, 6) is 0.692. The van der Waals surface area contributed by atoms with Gasteiger partial charge in [0.2, 0.25) is 0 Å². The number of fused-ring (bicyclic) bond motifs is 1. The minimum atomic E-state index is -0.134. The quantitative estimate of drug-likeness (QED) is 0.548. The van der Waals surface area contributed by atoms with Crippen molar-refractivity contribution in [1.29, 1.82) is 0 Å². The minimum absolute atomic E-state index is 0.119. The number of hydrogen-bond donors (Lipinski definition) is 1. The van der Waals surface area contributed by atoms with Gasteiger partial charge in [-0.15, -0.1) is 0 Å². The first kappa shape index (κ1) is 19.6. The van der Waals surface area contributed by atoms with E-state index in [0.717, 1.165) is 0 Å². The number of para-hydroxylation sites is 1. The van der Waals surface area contributed by atoms with E-state index in [1.165, 1.54) is 5.56 Å². The number of aryl methyl sites for hydroxylation is 1. The number of rotatable bonds is 5. The van der Waals surface area contributed by atoms with Crippen LogP contribution in [0.4, 0.5) is 0 Å². The van der Waals surface area contributed by atoms with E-state index in [4.69, 9.17) is 0 Å². The maximum absolute atomic E-state index is 12.9. The lowest BCUT2D eigenvalue weighted by molar-refractivity contribution is 0.0951. The zero-order chi connectivity index (χ0) is 21.1. The molecule has 1 N–H and O–H groups in total. The Balaban J connectivity index is 1.53. The monoisotopic (exact) mass is 397 g/mol. The Morgan fingerprint density at radius 1 is 0.967 bits per heavy atom. The largest absolute Gasteiger partial charge is 0.351 e. The van der Waals surface area contributed by atoms with E-state index in [9.17, 15) is 9.59 Å². The summed E-state index contributed by atoms with van der Waals surface area (Å²) in [6.45, 7) is 4.44. The zero-order valence-corrected chi connectivity index (χ0v) is 17.0.